The maximum atomic E-state index is 13.2. The van der Waals surface area contributed by atoms with Gasteiger partial charge in [0.25, 0.3) is 5.91 Å². The number of carbonyl (C=O) groups is 1. The highest BCUT2D eigenvalue weighted by Crippen LogP contribution is 2.32. The van der Waals surface area contributed by atoms with Crippen molar-refractivity contribution in [1.82, 2.24) is 19.9 Å². The summed E-state index contributed by atoms with van der Waals surface area (Å²) in [5.41, 5.74) is 7.77. The standard InChI is InChI=1S/C20H20FN5O/c1-12-23-18(22)15-9-10-16(25-19(15)24-12)17-4-2-3-11-26(17)20(27)13-5-7-14(21)8-6-13/h5-10,17H,2-4,11H2,1H3,(H2,22,23,24,25)/t17-/m1/s1. The van der Waals surface area contributed by atoms with E-state index < -0.39 is 0 Å². The first-order valence-corrected chi connectivity index (χ1v) is 9.00. The molecule has 1 aliphatic rings. The van der Waals surface area contributed by atoms with Crippen molar-refractivity contribution >= 4 is 22.8 Å². The van der Waals surface area contributed by atoms with Gasteiger partial charge in [0.2, 0.25) is 0 Å². The number of likely N-dealkylation sites (tertiary alicyclic amines) is 1. The Labute approximate surface area is 156 Å². The summed E-state index contributed by atoms with van der Waals surface area (Å²) in [4.78, 5) is 28.0. The summed E-state index contributed by atoms with van der Waals surface area (Å²) >= 11 is 0. The fraction of sp³-hybridized carbons (Fsp3) is 0.300. The number of carbonyl (C=O) groups excluding carboxylic acids is 1. The lowest BCUT2D eigenvalue weighted by Gasteiger charge is -2.35. The average Bonchev–Trinajstić information content (AvgIpc) is 2.67. The van der Waals surface area contributed by atoms with Gasteiger partial charge in [-0.25, -0.2) is 19.3 Å². The Bertz CT molecular complexity index is 1010. The first kappa shape index (κ1) is 17.3. The topological polar surface area (TPSA) is 85.0 Å². The summed E-state index contributed by atoms with van der Waals surface area (Å²) in [7, 11) is 0. The van der Waals surface area contributed by atoms with Crippen molar-refractivity contribution < 1.29 is 9.18 Å². The fourth-order valence-corrected chi connectivity index (χ4v) is 3.59. The monoisotopic (exact) mass is 365 g/mol. The van der Waals surface area contributed by atoms with Crippen LogP contribution in [0.1, 0.15) is 47.2 Å². The molecule has 3 aromatic rings. The van der Waals surface area contributed by atoms with Crippen LogP contribution < -0.4 is 5.73 Å². The fourth-order valence-electron chi connectivity index (χ4n) is 3.59. The third-order valence-electron chi connectivity index (χ3n) is 4.92. The highest BCUT2D eigenvalue weighted by Gasteiger charge is 2.30. The van der Waals surface area contributed by atoms with Crippen molar-refractivity contribution in [2.75, 3.05) is 12.3 Å². The molecule has 3 heterocycles. The molecule has 4 rings (SSSR count). The number of pyridine rings is 1. The molecule has 2 aromatic heterocycles. The number of aryl methyl sites for hydroxylation is 1. The van der Waals surface area contributed by atoms with Crippen LogP contribution in [0.15, 0.2) is 36.4 Å². The molecule has 1 aromatic carbocycles. The molecule has 0 aliphatic carbocycles. The van der Waals surface area contributed by atoms with Gasteiger partial charge in [0.15, 0.2) is 5.65 Å². The minimum atomic E-state index is -0.356. The number of halogens is 1. The molecule has 0 bridgehead atoms. The molecule has 6 nitrogen and oxygen atoms in total. The minimum Gasteiger partial charge on any atom is -0.383 e. The number of rotatable bonds is 2. The summed E-state index contributed by atoms with van der Waals surface area (Å²) in [5.74, 6) is 0.498. The van der Waals surface area contributed by atoms with E-state index in [9.17, 15) is 9.18 Å². The second-order valence-electron chi connectivity index (χ2n) is 6.78. The van der Waals surface area contributed by atoms with Gasteiger partial charge in [0.1, 0.15) is 17.5 Å². The summed E-state index contributed by atoms with van der Waals surface area (Å²) in [5, 5.41) is 0.705. The van der Waals surface area contributed by atoms with Crippen LogP contribution in [-0.4, -0.2) is 32.3 Å². The summed E-state index contributed by atoms with van der Waals surface area (Å²) in [6.07, 6.45) is 2.78. The number of nitrogens with two attached hydrogens (primary N) is 1. The Hall–Kier alpha value is -3.09. The Balaban J connectivity index is 1.71. The summed E-state index contributed by atoms with van der Waals surface area (Å²) < 4.78 is 13.2. The number of hydrogen-bond donors (Lipinski definition) is 1. The number of nitrogen functional groups attached to an aromatic ring is 1. The predicted octanol–water partition coefficient (Wildman–Crippen LogP) is 3.42. The van der Waals surface area contributed by atoms with E-state index in [0.29, 0.717) is 34.8 Å². The number of amides is 1. The van der Waals surface area contributed by atoms with E-state index in [-0.39, 0.29) is 17.8 Å². The second-order valence-corrected chi connectivity index (χ2v) is 6.78. The second kappa shape index (κ2) is 6.90. The predicted molar refractivity (Wildman–Crippen MR) is 101 cm³/mol. The maximum absolute atomic E-state index is 13.2. The normalized spacial score (nSPS) is 17.3. The van der Waals surface area contributed by atoms with E-state index in [2.05, 4.69) is 15.0 Å². The van der Waals surface area contributed by atoms with Crippen LogP contribution in [0, 0.1) is 12.7 Å². The first-order chi connectivity index (χ1) is 13.0. The van der Waals surface area contributed by atoms with Gasteiger partial charge in [-0.05, 0) is 62.6 Å². The smallest absolute Gasteiger partial charge is 0.254 e. The maximum Gasteiger partial charge on any atom is 0.254 e. The lowest BCUT2D eigenvalue weighted by atomic mass is 9.97. The van der Waals surface area contributed by atoms with Gasteiger partial charge >= 0.3 is 0 Å². The number of hydrogen-bond acceptors (Lipinski definition) is 5. The minimum absolute atomic E-state index is 0.111. The number of fused-ring (bicyclic) bond motifs is 1. The molecule has 1 fully saturated rings. The van der Waals surface area contributed by atoms with Crippen LogP contribution >= 0.6 is 0 Å². The van der Waals surface area contributed by atoms with E-state index in [1.54, 1.807) is 6.92 Å². The van der Waals surface area contributed by atoms with Crippen molar-refractivity contribution in [2.24, 2.45) is 0 Å². The Morgan fingerprint density at radius 1 is 1.11 bits per heavy atom. The molecule has 0 unspecified atom stereocenters. The van der Waals surface area contributed by atoms with Crippen LogP contribution in [0.2, 0.25) is 0 Å². The van der Waals surface area contributed by atoms with E-state index in [1.807, 2.05) is 17.0 Å². The summed E-state index contributed by atoms with van der Waals surface area (Å²) in [6.45, 7) is 2.42. The highest BCUT2D eigenvalue weighted by molar-refractivity contribution is 5.94. The van der Waals surface area contributed by atoms with Crippen molar-refractivity contribution in [1.29, 1.82) is 0 Å². The van der Waals surface area contributed by atoms with Crippen molar-refractivity contribution in [3.8, 4) is 0 Å². The van der Waals surface area contributed by atoms with Gasteiger partial charge < -0.3 is 10.6 Å². The molecule has 27 heavy (non-hydrogen) atoms. The highest BCUT2D eigenvalue weighted by atomic mass is 19.1. The number of nitrogens with zero attached hydrogens (tertiary/aromatic N) is 4. The van der Waals surface area contributed by atoms with Gasteiger partial charge in [-0.3, -0.25) is 4.79 Å². The molecule has 1 saturated heterocycles. The van der Waals surface area contributed by atoms with Crippen LogP contribution in [0.3, 0.4) is 0 Å². The number of anilines is 1. The molecular weight excluding hydrogens is 345 g/mol. The SMILES string of the molecule is Cc1nc(N)c2ccc([C@H]3CCCCN3C(=O)c3ccc(F)cc3)nc2n1. The lowest BCUT2D eigenvalue weighted by Crippen LogP contribution is -2.38. The Kier molecular flexibility index (Phi) is 4.43. The zero-order valence-corrected chi connectivity index (χ0v) is 15.0. The molecule has 1 aliphatic heterocycles. The van der Waals surface area contributed by atoms with Gasteiger partial charge in [-0.15, -0.1) is 0 Å². The molecule has 138 valence electrons. The quantitative estimate of drug-likeness (QED) is 0.752. The molecule has 2 N–H and O–H groups in total. The summed E-state index contributed by atoms with van der Waals surface area (Å²) in [6, 6.07) is 9.27. The van der Waals surface area contributed by atoms with Gasteiger partial charge in [-0.1, -0.05) is 0 Å². The molecular formula is C20H20FN5O. The third-order valence-corrected chi connectivity index (χ3v) is 4.92. The van der Waals surface area contributed by atoms with Crippen LogP contribution in [0.4, 0.5) is 10.2 Å². The van der Waals surface area contributed by atoms with E-state index in [4.69, 9.17) is 5.73 Å². The first-order valence-electron chi connectivity index (χ1n) is 9.00. The molecule has 7 heteroatoms. The van der Waals surface area contributed by atoms with Crippen molar-refractivity contribution in [2.45, 2.75) is 32.2 Å². The van der Waals surface area contributed by atoms with Crippen LogP contribution in [0.5, 0.6) is 0 Å². The Morgan fingerprint density at radius 2 is 1.89 bits per heavy atom. The van der Waals surface area contributed by atoms with Gasteiger partial charge in [-0.2, -0.15) is 0 Å². The molecule has 0 spiro atoms. The molecule has 1 amide bonds. The number of aromatic nitrogens is 3. The largest absolute Gasteiger partial charge is 0.383 e. The molecule has 0 saturated carbocycles. The van der Waals surface area contributed by atoms with Gasteiger partial charge in [0, 0.05) is 12.1 Å². The van der Waals surface area contributed by atoms with E-state index in [1.165, 1.54) is 24.3 Å². The van der Waals surface area contributed by atoms with Crippen LogP contribution in [-0.2, 0) is 0 Å². The van der Waals surface area contributed by atoms with Crippen molar-refractivity contribution in [3.63, 3.8) is 0 Å². The molecule has 0 radical (unpaired) electrons. The number of piperidine rings is 1. The zero-order chi connectivity index (χ0) is 19.0. The zero-order valence-electron chi connectivity index (χ0n) is 15.0. The van der Waals surface area contributed by atoms with Crippen molar-refractivity contribution in [3.05, 3.63) is 59.3 Å². The third kappa shape index (κ3) is 3.32. The Morgan fingerprint density at radius 3 is 2.67 bits per heavy atom. The van der Waals surface area contributed by atoms with Crippen LogP contribution in [0.25, 0.3) is 11.0 Å². The van der Waals surface area contributed by atoms with E-state index >= 15 is 0 Å². The van der Waals surface area contributed by atoms with Gasteiger partial charge in [0.05, 0.1) is 17.1 Å². The average molecular weight is 365 g/mol. The number of benzene rings is 1. The van der Waals surface area contributed by atoms with E-state index in [0.717, 1.165) is 25.0 Å². The lowest BCUT2D eigenvalue weighted by molar-refractivity contribution is 0.0606. The molecule has 1 atom stereocenters.